The Labute approximate surface area is 324 Å². The van der Waals surface area contributed by atoms with Crippen molar-refractivity contribution >= 4 is 54.5 Å². The fourth-order valence-corrected chi connectivity index (χ4v) is 7.89. The summed E-state index contributed by atoms with van der Waals surface area (Å²) in [4.78, 5) is 0. The van der Waals surface area contributed by atoms with Crippen LogP contribution in [0.5, 0.6) is 0 Å². The number of hydrogen-bond acceptors (Lipinski definition) is 2. The molecule has 0 unspecified atom stereocenters. The topological polar surface area (TPSA) is 26.3 Å². The molecule has 11 aromatic rings. The van der Waals surface area contributed by atoms with Crippen LogP contribution in [0.2, 0.25) is 0 Å². The fourth-order valence-electron chi connectivity index (χ4n) is 7.89. The van der Waals surface area contributed by atoms with Gasteiger partial charge >= 0.3 is 0 Å². The van der Waals surface area contributed by atoms with E-state index in [1.807, 2.05) is 121 Å². The van der Waals surface area contributed by atoms with Gasteiger partial charge in [-0.25, -0.2) is 0 Å². The van der Waals surface area contributed by atoms with Crippen molar-refractivity contribution in [2.45, 2.75) is 0 Å². The molecule has 0 bridgehead atoms. The predicted molar refractivity (Wildman–Crippen MR) is 226 cm³/mol. The Balaban J connectivity index is 1.19. The largest absolute Gasteiger partial charge is 0.456 e. The molecule has 0 atom stereocenters. The van der Waals surface area contributed by atoms with E-state index in [9.17, 15) is 2.74 Å². The molecule has 2 heteroatoms. The fraction of sp³-hybridized carbons (Fsp3) is 0. The molecular weight excluding hydrogens is 657 g/mol. The zero-order valence-electron chi connectivity index (χ0n) is 37.6. The highest BCUT2D eigenvalue weighted by Crippen LogP contribution is 2.47. The maximum absolute atomic E-state index is 9.44. The van der Waals surface area contributed by atoms with Crippen molar-refractivity contribution in [1.82, 2.24) is 0 Å². The summed E-state index contributed by atoms with van der Waals surface area (Å²) in [7, 11) is 0. The highest BCUT2D eigenvalue weighted by molar-refractivity contribution is 6.22. The van der Waals surface area contributed by atoms with E-state index in [1.165, 1.54) is 0 Å². The smallest absolute Gasteiger partial charge is 0.143 e. The highest BCUT2D eigenvalue weighted by atomic mass is 16.3. The quantitative estimate of drug-likeness (QED) is 0.167. The maximum Gasteiger partial charge on any atom is 0.143 e. The molecule has 9 aromatic carbocycles. The number of hydrogen-bond donors (Lipinski definition) is 0. The lowest BCUT2D eigenvalue weighted by Crippen LogP contribution is -1.92. The Bertz CT molecular complexity index is 3690. The SMILES string of the molecule is [2H]c1c([2H])c([2H])c(-c2ccc3c(-c4ccccc4)c4c([2H])c([2H])c([2H])c([2H])c4c(-c4ccc(-c5c(-c6ccc7oc8ccccc8c7c6)oc6ccccc56)cc4)c3c2)c([2H])c1[2H]. The van der Waals surface area contributed by atoms with Gasteiger partial charge in [0.25, 0.3) is 0 Å². The monoisotopic (exact) mass is 697 g/mol. The molecule has 0 fully saturated rings. The number of furan rings is 2. The van der Waals surface area contributed by atoms with Gasteiger partial charge in [-0.1, -0.05) is 158 Å². The van der Waals surface area contributed by atoms with Crippen molar-refractivity contribution < 1.29 is 21.2 Å². The normalized spacial score (nSPS) is 14.0. The lowest BCUT2D eigenvalue weighted by Gasteiger charge is -2.19. The van der Waals surface area contributed by atoms with Crippen LogP contribution >= 0.6 is 0 Å². The summed E-state index contributed by atoms with van der Waals surface area (Å²) in [5.41, 5.74) is 7.78. The van der Waals surface area contributed by atoms with E-state index in [2.05, 4.69) is 6.07 Å². The summed E-state index contributed by atoms with van der Waals surface area (Å²) < 4.78 is 92.0. The lowest BCUT2D eigenvalue weighted by molar-refractivity contribution is 0.632. The van der Waals surface area contributed by atoms with Gasteiger partial charge < -0.3 is 8.83 Å². The van der Waals surface area contributed by atoms with E-state index in [-0.39, 0.29) is 41.8 Å². The van der Waals surface area contributed by atoms with E-state index in [1.54, 1.807) is 12.1 Å². The minimum absolute atomic E-state index is 0.0292. The maximum atomic E-state index is 9.44. The predicted octanol–water partition coefficient (Wildman–Crippen LogP) is 15.0. The molecule has 0 N–H and O–H groups in total. The molecule has 0 saturated carbocycles. The first-order chi connectivity index (χ1) is 30.5. The zero-order valence-corrected chi connectivity index (χ0v) is 28.6. The van der Waals surface area contributed by atoms with E-state index < -0.39 is 18.1 Å². The third-order valence-corrected chi connectivity index (χ3v) is 10.3. The van der Waals surface area contributed by atoms with E-state index >= 15 is 0 Å². The molecule has 0 radical (unpaired) electrons. The van der Waals surface area contributed by atoms with Crippen molar-refractivity contribution in [1.29, 1.82) is 0 Å². The van der Waals surface area contributed by atoms with Crippen LogP contribution in [0.25, 0.3) is 110 Å². The van der Waals surface area contributed by atoms with Crippen LogP contribution in [0, 0.1) is 0 Å². The van der Waals surface area contributed by atoms with E-state index in [0.29, 0.717) is 55.1 Å². The van der Waals surface area contributed by atoms with Gasteiger partial charge in [0.15, 0.2) is 0 Å². The molecule has 0 aliphatic heterocycles. The van der Waals surface area contributed by atoms with Gasteiger partial charge in [-0.2, -0.15) is 0 Å². The molecule has 0 aliphatic carbocycles. The van der Waals surface area contributed by atoms with Gasteiger partial charge in [0, 0.05) is 27.3 Å². The Morgan fingerprint density at radius 3 is 1.59 bits per heavy atom. The molecule has 0 spiro atoms. The molecule has 2 heterocycles. The third kappa shape index (κ3) is 4.81. The van der Waals surface area contributed by atoms with Crippen LogP contribution in [0.4, 0.5) is 0 Å². The number of benzene rings is 9. The second-order valence-corrected chi connectivity index (χ2v) is 13.3. The van der Waals surface area contributed by atoms with Crippen molar-refractivity contribution in [3.05, 3.63) is 194 Å². The van der Waals surface area contributed by atoms with Gasteiger partial charge in [0.2, 0.25) is 0 Å². The first-order valence-electron chi connectivity index (χ1n) is 22.2. The summed E-state index contributed by atoms with van der Waals surface area (Å²) in [5, 5.41) is 4.78. The van der Waals surface area contributed by atoms with E-state index in [0.717, 1.165) is 49.6 Å². The van der Waals surface area contributed by atoms with Gasteiger partial charge in [0.1, 0.15) is 22.5 Å². The summed E-state index contributed by atoms with van der Waals surface area (Å²) in [6.45, 7) is 0. The second-order valence-electron chi connectivity index (χ2n) is 13.3. The van der Waals surface area contributed by atoms with Gasteiger partial charge in [-0.15, -0.1) is 0 Å². The molecule has 0 aliphatic rings. The van der Waals surface area contributed by atoms with Crippen molar-refractivity contribution in [2.75, 3.05) is 0 Å². The van der Waals surface area contributed by atoms with Gasteiger partial charge in [-0.05, 0) is 96.9 Å². The van der Waals surface area contributed by atoms with Crippen LogP contribution in [-0.4, -0.2) is 0 Å². The van der Waals surface area contributed by atoms with Gasteiger partial charge in [-0.3, -0.25) is 0 Å². The molecule has 0 amide bonds. The number of rotatable bonds is 5. The van der Waals surface area contributed by atoms with Crippen molar-refractivity contribution in [2.24, 2.45) is 0 Å². The summed E-state index contributed by atoms with van der Waals surface area (Å²) in [6, 6.07) is 41.1. The molecule has 11 rings (SSSR count). The van der Waals surface area contributed by atoms with Crippen molar-refractivity contribution in [3.63, 3.8) is 0 Å². The molecule has 54 heavy (non-hydrogen) atoms. The Kier molecular flexibility index (Phi) is 5.14. The van der Waals surface area contributed by atoms with Crippen molar-refractivity contribution in [3.8, 4) is 55.8 Å². The highest BCUT2D eigenvalue weighted by Gasteiger charge is 2.21. The van der Waals surface area contributed by atoms with Gasteiger partial charge in [0.05, 0.1) is 12.3 Å². The van der Waals surface area contributed by atoms with Crippen LogP contribution < -0.4 is 0 Å². The molecular formula is C52H32O2. The Hall–Kier alpha value is -7.16. The summed E-state index contributed by atoms with van der Waals surface area (Å²) >= 11 is 0. The van der Waals surface area contributed by atoms with E-state index in [4.69, 9.17) is 18.4 Å². The Morgan fingerprint density at radius 2 is 0.833 bits per heavy atom. The average molecular weight is 698 g/mol. The standard InChI is InChI=1S/C52H32O2/c1-3-13-33(14-4-1)37-27-29-42-45(31-37)50(41-19-8-7-18-40(41)49(42)34-15-5-2-6-16-34)35-23-25-36(26-24-35)51-43-20-10-12-22-47(43)54-52(51)38-28-30-48-44(32-38)39-17-9-11-21-46(39)53-48/h1-32H/i1D,3D,4D,7D,8D,13D,14D,18D,19D. The van der Waals surface area contributed by atoms with Crippen LogP contribution in [-0.2, 0) is 0 Å². The summed E-state index contributed by atoms with van der Waals surface area (Å²) in [5.74, 6) is 0.677. The number of para-hydroxylation sites is 2. The molecule has 0 saturated heterocycles. The minimum atomic E-state index is -0.493. The Morgan fingerprint density at radius 1 is 0.296 bits per heavy atom. The number of fused-ring (bicyclic) bond motifs is 6. The molecule has 2 nitrogen and oxygen atoms in total. The van der Waals surface area contributed by atoms with Crippen LogP contribution in [0.1, 0.15) is 12.3 Å². The molecule has 252 valence electrons. The minimum Gasteiger partial charge on any atom is -0.456 e. The first kappa shape index (κ1) is 22.7. The van der Waals surface area contributed by atoms with Crippen LogP contribution in [0.3, 0.4) is 0 Å². The summed E-state index contributed by atoms with van der Waals surface area (Å²) in [6.07, 6.45) is 0. The first-order valence-corrected chi connectivity index (χ1v) is 17.7. The average Bonchev–Trinajstić information content (AvgIpc) is 3.89. The lowest BCUT2D eigenvalue weighted by atomic mass is 9.84. The zero-order chi connectivity index (χ0) is 43.4. The second kappa shape index (κ2) is 12.2. The third-order valence-electron chi connectivity index (χ3n) is 10.3. The molecule has 2 aromatic heterocycles. The van der Waals surface area contributed by atoms with Crippen LogP contribution in [0.15, 0.2) is 203 Å².